The van der Waals surface area contributed by atoms with E-state index in [1.54, 1.807) is 21.8 Å². The average molecular weight is 352 g/mol. The quantitative estimate of drug-likeness (QED) is 0.760. The Morgan fingerprint density at radius 3 is 2.85 bits per heavy atom. The molecule has 1 fully saturated rings. The first-order valence-electron chi connectivity index (χ1n) is 9.23. The van der Waals surface area contributed by atoms with Crippen LogP contribution in [0.5, 0.6) is 0 Å². The molecular weight excluding hydrogens is 328 g/mol. The summed E-state index contributed by atoms with van der Waals surface area (Å²) in [7, 11) is 0. The zero-order valence-electron chi connectivity index (χ0n) is 15.0. The lowest BCUT2D eigenvalue weighted by molar-refractivity contribution is 0.439. The summed E-state index contributed by atoms with van der Waals surface area (Å²) in [5.74, 6) is 1.09. The first-order valence-corrected chi connectivity index (χ1v) is 9.23. The molecule has 0 aliphatic carbocycles. The second kappa shape index (κ2) is 7.29. The van der Waals surface area contributed by atoms with Crippen LogP contribution < -0.4 is 11.0 Å². The summed E-state index contributed by atoms with van der Waals surface area (Å²) in [6, 6.07) is 9.79. The molecule has 0 radical (unpaired) electrons. The number of piperidine rings is 1. The van der Waals surface area contributed by atoms with Crippen molar-refractivity contribution in [3.8, 4) is 5.69 Å². The van der Waals surface area contributed by atoms with Crippen molar-refractivity contribution in [1.29, 1.82) is 0 Å². The van der Waals surface area contributed by atoms with Gasteiger partial charge in [0.2, 0.25) is 0 Å². The molecule has 0 bridgehead atoms. The van der Waals surface area contributed by atoms with Crippen LogP contribution >= 0.6 is 0 Å². The van der Waals surface area contributed by atoms with Crippen molar-refractivity contribution < 1.29 is 0 Å². The molecule has 1 unspecified atom stereocenters. The maximum Gasteiger partial charge on any atom is 0.350 e. The van der Waals surface area contributed by atoms with E-state index in [2.05, 4.69) is 17.2 Å². The summed E-state index contributed by atoms with van der Waals surface area (Å²) in [5.41, 5.74) is 1.76. The Hall–Kier alpha value is -2.67. The van der Waals surface area contributed by atoms with Crippen LogP contribution in [0.3, 0.4) is 0 Å². The minimum atomic E-state index is -0.0966. The number of para-hydroxylation sites is 1. The van der Waals surface area contributed by atoms with E-state index in [-0.39, 0.29) is 11.6 Å². The van der Waals surface area contributed by atoms with Gasteiger partial charge in [-0.3, -0.25) is 0 Å². The van der Waals surface area contributed by atoms with Crippen molar-refractivity contribution in [3.63, 3.8) is 0 Å². The lowest BCUT2D eigenvalue weighted by Crippen LogP contribution is -2.31. The highest BCUT2D eigenvalue weighted by molar-refractivity contribution is 5.33. The molecule has 7 nitrogen and oxygen atoms in total. The van der Waals surface area contributed by atoms with E-state index in [1.165, 1.54) is 0 Å². The highest BCUT2D eigenvalue weighted by Crippen LogP contribution is 2.23. The minimum Gasteiger partial charge on any atom is -0.333 e. The van der Waals surface area contributed by atoms with Crippen molar-refractivity contribution >= 4 is 0 Å². The van der Waals surface area contributed by atoms with Gasteiger partial charge < -0.3 is 9.88 Å². The molecule has 0 spiro atoms. The van der Waals surface area contributed by atoms with Gasteiger partial charge in [-0.15, -0.1) is 0 Å². The normalized spacial score (nSPS) is 17.5. The van der Waals surface area contributed by atoms with Crippen LogP contribution in [0, 0.1) is 0 Å². The van der Waals surface area contributed by atoms with Crippen molar-refractivity contribution in [2.45, 2.75) is 38.8 Å². The third kappa shape index (κ3) is 3.10. The number of aryl methyl sites for hydroxylation is 1. The fourth-order valence-electron chi connectivity index (χ4n) is 3.60. The number of hydrogen-bond donors (Lipinski definition) is 1. The molecule has 7 heteroatoms. The molecule has 1 aromatic carbocycles. The molecule has 1 atom stereocenters. The molecule has 136 valence electrons. The van der Waals surface area contributed by atoms with E-state index in [0.29, 0.717) is 6.54 Å². The molecule has 26 heavy (non-hydrogen) atoms. The fraction of sp³-hybridized carbons (Fsp3) is 0.421. The molecule has 4 rings (SSSR count). The number of hydrogen-bond acceptors (Lipinski definition) is 4. The van der Waals surface area contributed by atoms with Crippen molar-refractivity contribution in [3.05, 3.63) is 64.9 Å². The minimum absolute atomic E-state index is 0.0966. The van der Waals surface area contributed by atoms with Crippen LogP contribution in [0.1, 0.15) is 37.2 Å². The molecule has 3 heterocycles. The first kappa shape index (κ1) is 16.8. The molecule has 0 amide bonds. The van der Waals surface area contributed by atoms with Gasteiger partial charge in [0.05, 0.1) is 30.5 Å². The van der Waals surface area contributed by atoms with Gasteiger partial charge in [-0.2, -0.15) is 5.10 Å². The molecule has 3 aromatic rings. The molecule has 1 aliphatic heterocycles. The second-order valence-corrected chi connectivity index (χ2v) is 6.68. The topological polar surface area (TPSA) is 69.7 Å². The lowest BCUT2D eigenvalue weighted by Gasteiger charge is -2.22. The maximum atomic E-state index is 13.2. The van der Waals surface area contributed by atoms with Gasteiger partial charge in [-0.05, 0) is 38.4 Å². The van der Waals surface area contributed by atoms with Crippen LogP contribution in [0.4, 0.5) is 0 Å². The Labute approximate surface area is 152 Å². The van der Waals surface area contributed by atoms with Crippen LogP contribution in [-0.2, 0) is 13.1 Å². The van der Waals surface area contributed by atoms with Crippen molar-refractivity contribution in [2.24, 2.45) is 0 Å². The molecule has 0 saturated carbocycles. The maximum absolute atomic E-state index is 13.2. The Morgan fingerprint density at radius 2 is 2.12 bits per heavy atom. The van der Waals surface area contributed by atoms with Crippen LogP contribution in [0.25, 0.3) is 5.69 Å². The van der Waals surface area contributed by atoms with Crippen LogP contribution in [-0.4, -0.2) is 37.0 Å². The van der Waals surface area contributed by atoms with Crippen molar-refractivity contribution in [1.82, 2.24) is 29.2 Å². The summed E-state index contributed by atoms with van der Waals surface area (Å²) in [6.45, 7) is 5.21. The Bertz CT molecular complexity index is 917. The summed E-state index contributed by atoms with van der Waals surface area (Å²) >= 11 is 0. The summed E-state index contributed by atoms with van der Waals surface area (Å²) in [5, 5.41) is 8.17. The highest BCUT2D eigenvalue weighted by atomic mass is 16.2. The smallest absolute Gasteiger partial charge is 0.333 e. The van der Waals surface area contributed by atoms with E-state index >= 15 is 0 Å². The van der Waals surface area contributed by atoms with E-state index < -0.39 is 0 Å². The number of imidazole rings is 1. The number of benzene rings is 1. The fourth-order valence-corrected chi connectivity index (χ4v) is 3.60. The van der Waals surface area contributed by atoms with Gasteiger partial charge in [0.1, 0.15) is 5.82 Å². The lowest BCUT2D eigenvalue weighted by atomic mass is 9.99. The summed E-state index contributed by atoms with van der Waals surface area (Å²) in [6.07, 6.45) is 5.74. The van der Waals surface area contributed by atoms with Gasteiger partial charge in [-0.1, -0.05) is 18.2 Å². The predicted molar refractivity (Wildman–Crippen MR) is 99.7 cm³/mol. The van der Waals surface area contributed by atoms with Gasteiger partial charge in [0, 0.05) is 19.0 Å². The Balaban J connectivity index is 1.78. The number of nitrogens with one attached hydrogen (secondary N) is 1. The zero-order chi connectivity index (χ0) is 17.9. The van der Waals surface area contributed by atoms with Gasteiger partial charge in [0.15, 0.2) is 0 Å². The van der Waals surface area contributed by atoms with E-state index in [1.807, 2.05) is 34.9 Å². The SMILES string of the molecule is CCn1cncc1Cn1nc(C2CCCNC2)n(-c2ccccc2)c1=O. The standard InChI is InChI=1S/C19H24N6O/c1-2-23-14-21-12-17(23)13-24-19(26)25(16-8-4-3-5-9-16)18(22-24)15-7-6-10-20-11-15/h3-5,8-9,12,14-15,20H,2,6-7,10-11,13H2,1H3. The van der Waals surface area contributed by atoms with Gasteiger partial charge in [-0.25, -0.2) is 19.0 Å². The van der Waals surface area contributed by atoms with Crippen LogP contribution in [0.15, 0.2) is 47.7 Å². The van der Waals surface area contributed by atoms with Crippen molar-refractivity contribution in [2.75, 3.05) is 13.1 Å². The molecule has 2 aromatic heterocycles. The number of rotatable bonds is 5. The van der Waals surface area contributed by atoms with E-state index in [4.69, 9.17) is 5.10 Å². The first-order chi connectivity index (χ1) is 12.8. The second-order valence-electron chi connectivity index (χ2n) is 6.68. The monoisotopic (exact) mass is 352 g/mol. The molecule has 1 aliphatic rings. The third-order valence-corrected chi connectivity index (χ3v) is 4.99. The van der Waals surface area contributed by atoms with E-state index in [9.17, 15) is 4.79 Å². The molecule has 1 N–H and O–H groups in total. The average Bonchev–Trinajstić information content (AvgIpc) is 3.28. The number of nitrogens with zero attached hydrogens (tertiary/aromatic N) is 5. The van der Waals surface area contributed by atoms with Crippen LogP contribution in [0.2, 0.25) is 0 Å². The zero-order valence-corrected chi connectivity index (χ0v) is 15.0. The van der Waals surface area contributed by atoms with E-state index in [0.717, 1.165) is 49.7 Å². The highest BCUT2D eigenvalue weighted by Gasteiger charge is 2.25. The molecular formula is C19H24N6O. The number of aromatic nitrogens is 5. The Kier molecular flexibility index (Phi) is 4.71. The predicted octanol–water partition coefficient (Wildman–Crippen LogP) is 1.77. The third-order valence-electron chi connectivity index (χ3n) is 4.99. The Morgan fingerprint density at radius 1 is 1.27 bits per heavy atom. The van der Waals surface area contributed by atoms with Gasteiger partial charge in [0.25, 0.3) is 0 Å². The summed E-state index contributed by atoms with van der Waals surface area (Å²) in [4.78, 5) is 17.4. The molecule has 1 saturated heterocycles. The van der Waals surface area contributed by atoms with Gasteiger partial charge >= 0.3 is 5.69 Å². The summed E-state index contributed by atoms with van der Waals surface area (Å²) < 4.78 is 5.38. The largest absolute Gasteiger partial charge is 0.350 e.